The molecule has 4 N–H and O–H groups in total. The van der Waals surface area contributed by atoms with Gasteiger partial charge in [0.1, 0.15) is 17.8 Å². The second kappa shape index (κ2) is 8.06. The summed E-state index contributed by atoms with van der Waals surface area (Å²) in [5, 5.41) is 43.0. The molecule has 0 unspecified atom stereocenters. The van der Waals surface area contributed by atoms with Gasteiger partial charge >= 0.3 is 0 Å². The van der Waals surface area contributed by atoms with Crippen molar-refractivity contribution in [3.8, 4) is 0 Å². The van der Waals surface area contributed by atoms with E-state index in [1.165, 1.54) is 7.11 Å². The van der Waals surface area contributed by atoms with Gasteiger partial charge in [0.05, 0.1) is 6.61 Å². The van der Waals surface area contributed by atoms with Gasteiger partial charge in [0, 0.05) is 20.0 Å². The second-order valence-corrected chi connectivity index (χ2v) is 7.05. The Morgan fingerprint density at radius 2 is 1.41 bits per heavy atom. The Labute approximate surface area is 158 Å². The van der Waals surface area contributed by atoms with Crippen molar-refractivity contribution >= 4 is 0 Å². The molecule has 0 aromatic heterocycles. The molecule has 0 saturated carbocycles. The number of benzene rings is 2. The standard InChI is InChI=1S/C21H26O6/c1-26-19-21(25,13-16-10-6-3-7-11-16)20(24,18(27-19)17(23)14-22)12-15-8-4-2-5-9-15/h2-11,17-19,22-25H,12-14H2,1H3/t17-,18-,19-,20+,21+/m1/s1. The third-order valence-electron chi connectivity index (χ3n) is 5.26. The van der Waals surface area contributed by atoms with Crippen LogP contribution in [0.25, 0.3) is 0 Å². The van der Waals surface area contributed by atoms with Crippen LogP contribution in [0.5, 0.6) is 0 Å². The lowest BCUT2D eigenvalue weighted by Gasteiger charge is -2.41. The summed E-state index contributed by atoms with van der Waals surface area (Å²) in [4.78, 5) is 0. The summed E-state index contributed by atoms with van der Waals surface area (Å²) in [7, 11) is 1.37. The van der Waals surface area contributed by atoms with Gasteiger partial charge in [-0.2, -0.15) is 0 Å². The predicted molar refractivity (Wildman–Crippen MR) is 99.0 cm³/mol. The highest BCUT2D eigenvalue weighted by atomic mass is 16.7. The minimum atomic E-state index is -1.88. The highest BCUT2D eigenvalue weighted by Crippen LogP contribution is 2.45. The summed E-state index contributed by atoms with van der Waals surface area (Å²) in [6, 6.07) is 18.4. The number of rotatable bonds is 7. The van der Waals surface area contributed by atoms with Crippen molar-refractivity contribution in [3.63, 3.8) is 0 Å². The summed E-state index contributed by atoms with van der Waals surface area (Å²) in [5.41, 5.74) is -2.16. The van der Waals surface area contributed by atoms with Crippen molar-refractivity contribution in [2.45, 2.75) is 42.5 Å². The molecule has 1 aliphatic rings. The Hall–Kier alpha value is -1.80. The molecule has 0 radical (unpaired) electrons. The normalized spacial score (nSPS) is 31.7. The van der Waals surface area contributed by atoms with Crippen molar-refractivity contribution in [3.05, 3.63) is 71.8 Å². The molecular weight excluding hydrogens is 348 g/mol. The van der Waals surface area contributed by atoms with Gasteiger partial charge in [0.15, 0.2) is 11.9 Å². The fraction of sp³-hybridized carbons (Fsp3) is 0.429. The number of aliphatic hydroxyl groups is 4. The van der Waals surface area contributed by atoms with Crippen LogP contribution in [0.2, 0.25) is 0 Å². The van der Waals surface area contributed by atoms with Crippen LogP contribution < -0.4 is 0 Å². The van der Waals surface area contributed by atoms with Crippen LogP contribution in [0.4, 0.5) is 0 Å². The first kappa shape index (κ1) is 19.9. The lowest BCUT2D eigenvalue weighted by Crippen LogP contribution is -2.64. The van der Waals surface area contributed by atoms with Crippen molar-refractivity contribution in [1.29, 1.82) is 0 Å². The lowest BCUT2D eigenvalue weighted by molar-refractivity contribution is -0.206. The van der Waals surface area contributed by atoms with Gasteiger partial charge in [0.25, 0.3) is 0 Å². The largest absolute Gasteiger partial charge is 0.394 e. The number of hydrogen-bond donors (Lipinski definition) is 4. The van der Waals surface area contributed by atoms with Gasteiger partial charge in [-0.1, -0.05) is 60.7 Å². The van der Waals surface area contributed by atoms with Crippen LogP contribution in [0.1, 0.15) is 11.1 Å². The molecule has 2 aromatic carbocycles. The first-order chi connectivity index (χ1) is 12.9. The van der Waals surface area contributed by atoms with Gasteiger partial charge in [0.2, 0.25) is 0 Å². The van der Waals surface area contributed by atoms with Crippen LogP contribution in [0, 0.1) is 0 Å². The van der Waals surface area contributed by atoms with Crippen LogP contribution in [-0.4, -0.2) is 63.8 Å². The van der Waals surface area contributed by atoms with Crippen LogP contribution in [0.3, 0.4) is 0 Å². The minimum absolute atomic E-state index is 0.0265. The van der Waals surface area contributed by atoms with Gasteiger partial charge in [-0.3, -0.25) is 0 Å². The van der Waals surface area contributed by atoms with Crippen LogP contribution >= 0.6 is 0 Å². The van der Waals surface area contributed by atoms with Crippen molar-refractivity contribution in [2.24, 2.45) is 0 Å². The van der Waals surface area contributed by atoms with E-state index in [9.17, 15) is 20.4 Å². The predicted octanol–water partition coefficient (Wildman–Crippen LogP) is 0.658. The average Bonchev–Trinajstić information content (AvgIpc) is 2.89. The summed E-state index contributed by atoms with van der Waals surface area (Å²) >= 11 is 0. The lowest BCUT2D eigenvalue weighted by atomic mass is 9.72. The summed E-state index contributed by atoms with van der Waals surface area (Å²) in [5.74, 6) is 0. The van der Waals surface area contributed by atoms with Crippen LogP contribution in [-0.2, 0) is 22.3 Å². The highest BCUT2D eigenvalue weighted by Gasteiger charge is 2.67. The van der Waals surface area contributed by atoms with E-state index in [0.717, 1.165) is 11.1 Å². The number of methoxy groups -OCH3 is 1. The van der Waals surface area contributed by atoms with E-state index < -0.39 is 36.3 Å². The Morgan fingerprint density at radius 3 is 1.85 bits per heavy atom. The van der Waals surface area contributed by atoms with E-state index in [4.69, 9.17) is 9.47 Å². The van der Waals surface area contributed by atoms with Gasteiger partial charge < -0.3 is 29.9 Å². The monoisotopic (exact) mass is 374 g/mol. The Bertz CT molecular complexity index is 724. The summed E-state index contributed by atoms with van der Waals surface area (Å²) in [6.07, 6.45) is -3.68. The van der Waals surface area contributed by atoms with Crippen molar-refractivity contribution in [1.82, 2.24) is 0 Å². The third kappa shape index (κ3) is 3.65. The van der Waals surface area contributed by atoms with Gasteiger partial charge in [-0.05, 0) is 11.1 Å². The quantitative estimate of drug-likeness (QED) is 0.568. The molecule has 1 heterocycles. The van der Waals surface area contributed by atoms with E-state index in [2.05, 4.69) is 0 Å². The van der Waals surface area contributed by atoms with Gasteiger partial charge in [-0.25, -0.2) is 0 Å². The molecule has 0 bridgehead atoms. The molecule has 27 heavy (non-hydrogen) atoms. The fourth-order valence-corrected chi connectivity index (χ4v) is 3.87. The van der Waals surface area contributed by atoms with E-state index in [1.54, 1.807) is 0 Å². The average molecular weight is 374 g/mol. The Morgan fingerprint density at radius 1 is 0.926 bits per heavy atom. The molecule has 1 fully saturated rings. The molecule has 0 aliphatic carbocycles. The zero-order valence-corrected chi connectivity index (χ0v) is 15.2. The molecule has 0 spiro atoms. The van der Waals surface area contributed by atoms with E-state index >= 15 is 0 Å². The third-order valence-corrected chi connectivity index (χ3v) is 5.26. The molecule has 1 aliphatic heterocycles. The van der Waals surface area contributed by atoms with E-state index in [0.29, 0.717) is 0 Å². The number of ether oxygens (including phenoxy) is 2. The van der Waals surface area contributed by atoms with Crippen molar-refractivity contribution < 1.29 is 29.9 Å². The molecule has 3 rings (SSSR count). The maximum absolute atomic E-state index is 11.7. The second-order valence-electron chi connectivity index (χ2n) is 7.05. The Balaban J connectivity index is 2.04. The van der Waals surface area contributed by atoms with Gasteiger partial charge in [-0.15, -0.1) is 0 Å². The number of aliphatic hydroxyl groups excluding tert-OH is 2. The summed E-state index contributed by atoms with van der Waals surface area (Å²) < 4.78 is 11.0. The van der Waals surface area contributed by atoms with Crippen LogP contribution in [0.15, 0.2) is 60.7 Å². The zero-order valence-electron chi connectivity index (χ0n) is 15.2. The first-order valence-electron chi connectivity index (χ1n) is 8.94. The van der Waals surface area contributed by atoms with E-state index in [-0.39, 0.29) is 12.8 Å². The fourth-order valence-electron chi connectivity index (χ4n) is 3.87. The number of hydrogen-bond acceptors (Lipinski definition) is 6. The molecule has 0 amide bonds. The Kier molecular flexibility index (Phi) is 5.95. The minimum Gasteiger partial charge on any atom is -0.394 e. The molecule has 6 heteroatoms. The molecule has 1 saturated heterocycles. The van der Waals surface area contributed by atoms with E-state index in [1.807, 2.05) is 60.7 Å². The topological polar surface area (TPSA) is 99.4 Å². The maximum Gasteiger partial charge on any atom is 0.189 e. The smallest absolute Gasteiger partial charge is 0.189 e. The van der Waals surface area contributed by atoms with Crippen molar-refractivity contribution in [2.75, 3.05) is 13.7 Å². The molecule has 2 aromatic rings. The first-order valence-corrected chi connectivity index (χ1v) is 8.94. The molecule has 146 valence electrons. The molecule has 6 nitrogen and oxygen atoms in total. The molecule has 5 atom stereocenters. The SMILES string of the molecule is CO[C@@H]1O[C@H]([C@H](O)CO)[C@@](O)(Cc2ccccc2)[C@]1(O)Cc1ccccc1. The zero-order chi connectivity index (χ0) is 19.5. The maximum atomic E-state index is 11.7. The summed E-state index contributed by atoms with van der Waals surface area (Å²) in [6.45, 7) is -0.611. The highest BCUT2D eigenvalue weighted by molar-refractivity contribution is 5.27. The molecular formula is C21H26O6.